The third-order valence-electron chi connectivity index (χ3n) is 6.37. The van der Waals surface area contributed by atoms with E-state index in [1.54, 1.807) is 14.2 Å². The molecule has 5 rings (SSSR count). The van der Waals surface area contributed by atoms with Crippen molar-refractivity contribution in [3.63, 3.8) is 0 Å². The minimum absolute atomic E-state index is 0.0940. The summed E-state index contributed by atoms with van der Waals surface area (Å²) >= 11 is 6.08. The second-order valence-corrected chi connectivity index (χ2v) is 7.57. The summed E-state index contributed by atoms with van der Waals surface area (Å²) in [6.07, 6.45) is 6.27. The second-order valence-electron chi connectivity index (χ2n) is 7.19. The van der Waals surface area contributed by atoms with Gasteiger partial charge in [-0.2, -0.15) is 0 Å². The molecular weight excluding hydrogens is 338 g/mol. The molecule has 0 unspecified atom stereocenters. The van der Waals surface area contributed by atoms with Crippen LogP contribution in [0.1, 0.15) is 17.5 Å². The molecule has 132 valence electrons. The van der Waals surface area contributed by atoms with Gasteiger partial charge in [-0.3, -0.25) is 4.90 Å². The molecule has 25 heavy (non-hydrogen) atoms. The van der Waals surface area contributed by atoms with Crippen molar-refractivity contribution in [3.05, 3.63) is 46.7 Å². The first-order valence-corrected chi connectivity index (χ1v) is 9.41. The Morgan fingerprint density at radius 3 is 2.92 bits per heavy atom. The molecule has 4 nitrogen and oxygen atoms in total. The van der Waals surface area contributed by atoms with E-state index in [9.17, 15) is 0 Å². The smallest absolute Gasteiger partial charge is 0.169 e. The van der Waals surface area contributed by atoms with E-state index in [1.165, 1.54) is 16.7 Å². The average Bonchev–Trinajstić information content (AvgIpc) is 2.98. The van der Waals surface area contributed by atoms with Crippen molar-refractivity contribution in [1.82, 2.24) is 4.90 Å². The minimum atomic E-state index is -0.120. The van der Waals surface area contributed by atoms with E-state index in [-0.39, 0.29) is 11.5 Å². The van der Waals surface area contributed by atoms with Crippen LogP contribution in [0.4, 0.5) is 0 Å². The van der Waals surface area contributed by atoms with Crippen LogP contribution in [0.15, 0.2) is 35.6 Å². The molecule has 2 heterocycles. The Balaban J connectivity index is 1.76. The lowest BCUT2D eigenvalue weighted by molar-refractivity contribution is 0.0666. The van der Waals surface area contributed by atoms with Crippen LogP contribution in [0.5, 0.6) is 11.5 Å². The van der Waals surface area contributed by atoms with Crippen LogP contribution < -0.4 is 9.47 Å². The molecular formula is C20H22ClNO3. The number of allylic oxidation sites excluding steroid dienone is 2. The van der Waals surface area contributed by atoms with Gasteiger partial charge in [0.15, 0.2) is 17.6 Å². The van der Waals surface area contributed by atoms with Crippen LogP contribution in [0.2, 0.25) is 0 Å². The Morgan fingerprint density at radius 1 is 1.28 bits per heavy atom. The summed E-state index contributed by atoms with van der Waals surface area (Å²) < 4.78 is 17.8. The number of benzene rings is 1. The Morgan fingerprint density at radius 2 is 2.16 bits per heavy atom. The van der Waals surface area contributed by atoms with Gasteiger partial charge in [0.1, 0.15) is 5.76 Å². The topological polar surface area (TPSA) is 30.9 Å². The number of nitrogens with zero attached hydrogens (tertiary/aromatic N) is 1. The third kappa shape index (κ3) is 1.82. The first kappa shape index (κ1) is 15.6. The average molecular weight is 360 g/mol. The molecule has 5 heteroatoms. The number of rotatable bonds is 4. The Bertz CT molecular complexity index is 802. The third-order valence-corrected chi connectivity index (χ3v) is 6.54. The Hall–Kier alpha value is -1.65. The van der Waals surface area contributed by atoms with Crippen molar-refractivity contribution in [2.24, 2.45) is 0 Å². The zero-order valence-corrected chi connectivity index (χ0v) is 15.3. The molecule has 0 aromatic heterocycles. The van der Waals surface area contributed by atoms with E-state index in [0.29, 0.717) is 11.9 Å². The summed E-state index contributed by atoms with van der Waals surface area (Å²) in [6, 6.07) is 4.64. The highest BCUT2D eigenvalue weighted by molar-refractivity contribution is 6.18. The van der Waals surface area contributed by atoms with E-state index in [4.69, 9.17) is 25.8 Å². The van der Waals surface area contributed by atoms with E-state index in [2.05, 4.69) is 23.1 Å². The normalized spacial score (nSPS) is 31.6. The first-order chi connectivity index (χ1) is 12.2. The molecule has 2 bridgehead atoms. The fourth-order valence-corrected chi connectivity index (χ4v) is 5.59. The highest BCUT2D eigenvalue weighted by Crippen LogP contribution is 2.62. The summed E-state index contributed by atoms with van der Waals surface area (Å²) in [5.74, 6) is 3.29. The van der Waals surface area contributed by atoms with Crippen LogP contribution in [0, 0.1) is 0 Å². The molecule has 1 aromatic carbocycles. The SMILES string of the molecule is COC1=CC=C2[C@@H]3Cc4ccc(OC)c5c4[C@@]2(CCN3CCCl)[C@@H]1O5. The summed E-state index contributed by atoms with van der Waals surface area (Å²) in [5, 5.41) is 0. The van der Waals surface area contributed by atoms with Crippen molar-refractivity contribution >= 4 is 11.6 Å². The van der Waals surface area contributed by atoms with Crippen LogP contribution in [-0.4, -0.2) is 50.2 Å². The minimum Gasteiger partial charge on any atom is -0.497 e. The van der Waals surface area contributed by atoms with Gasteiger partial charge < -0.3 is 14.2 Å². The van der Waals surface area contributed by atoms with Crippen molar-refractivity contribution in [1.29, 1.82) is 0 Å². The fraction of sp³-hybridized carbons (Fsp3) is 0.500. The lowest BCUT2D eigenvalue weighted by atomic mass is 9.57. The first-order valence-electron chi connectivity index (χ1n) is 8.88. The number of hydrogen-bond donors (Lipinski definition) is 0. The lowest BCUT2D eigenvalue weighted by Crippen LogP contribution is -2.59. The number of hydrogen-bond acceptors (Lipinski definition) is 4. The number of halogens is 1. The van der Waals surface area contributed by atoms with E-state index < -0.39 is 0 Å². The van der Waals surface area contributed by atoms with Gasteiger partial charge in [0.2, 0.25) is 0 Å². The molecule has 1 aromatic rings. The van der Waals surface area contributed by atoms with Crippen LogP contribution in [0.25, 0.3) is 0 Å². The number of piperidine rings is 1. The second kappa shape index (κ2) is 5.42. The van der Waals surface area contributed by atoms with Gasteiger partial charge in [-0.05, 0) is 36.1 Å². The standard InChI is InChI=1S/C20H22ClNO3/c1-23-15-5-3-12-11-14-13-4-6-16(24-2)19-20(13,17(12)18(15)25-19)7-9-22(14)10-8-21/h3-6,14,19H,7-11H2,1-2H3/t14-,19+,20-/m0/s1. The highest BCUT2D eigenvalue weighted by atomic mass is 35.5. The molecule has 0 amide bonds. The number of ether oxygens (including phenoxy) is 3. The Labute approximate surface area is 153 Å². The summed E-state index contributed by atoms with van der Waals surface area (Å²) in [4.78, 5) is 2.53. The van der Waals surface area contributed by atoms with Crippen LogP contribution in [-0.2, 0) is 16.6 Å². The van der Waals surface area contributed by atoms with Crippen LogP contribution >= 0.6 is 11.6 Å². The summed E-state index contributed by atoms with van der Waals surface area (Å²) in [5.41, 5.74) is 4.03. The molecule has 0 radical (unpaired) electrons. The van der Waals surface area contributed by atoms with Gasteiger partial charge in [0.25, 0.3) is 0 Å². The Kier molecular flexibility index (Phi) is 3.38. The van der Waals surface area contributed by atoms with Crippen molar-refractivity contribution in [3.8, 4) is 11.5 Å². The molecule has 2 aliphatic carbocycles. The molecule has 0 saturated carbocycles. The highest BCUT2D eigenvalue weighted by Gasteiger charge is 2.62. The fourth-order valence-electron chi connectivity index (χ4n) is 5.38. The van der Waals surface area contributed by atoms with Gasteiger partial charge in [-0.15, -0.1) is 11.6 Å². The largest absolute Gasteiger partial charge is 0.497 e. The number of likely N-dealkylation sites (tertiary alicyclic amines) is 1. The lowest BCUT2D eigenvalue weighted by Gasteiger charge is -2.53. The van der Waals surface area contributed by atoms with Crippen molar-refractivity contribution < 1.29 is 14.2 Å². The molecule has 1 fully saturated rings. The van der Waals surface area contributed by atoms with Crippen LogP contribution in [0.3, 0.4) is 0 Å². The molecule has 2 aliphatic heterocycles. The maximum absolute atomic E-state index is 6.50. The summed E-state index contributed by atoms with van der Waals surface area (Å²) in [6.45, 7) is 1.95. The number of alkyl halides is 1. The molecule has 4 aliphatic rings. The van der Waals surface area contributed by atoms with Crippen molar-refractivity contribution in [2.45, 2.75) is 30.4 Å². The molecule has 1 spiro atoms. The predicted molar refractivity (Wildman–Crippen MR) is 96.7 cm³/mol. The van der Waals surface area contributed by atoms with Gasteiger partial charge in [0, 0.05) is 30.6 Å². The maximum Gasteiger partial charge on any atom is 0.169 e. The predicted octanol–water partition coefficient (Wildman–Crippen LogP) is 3.03. The quantitative estimate of drug-likeness (QED) is 0.773. The molecule has 1 saturated heterocycles. The zero-order chi connectivity index (χ0) is 17.2. The molecule has 0 N–H and O–H groups in total. The van der Waals surface area contributed by atoms with E-state index in [1.807, 2.05) is 6.07 Å². The summed E-state index contributed by atoms with van der Waals surface area (Å²) in [7, 11) is 3.44. The van der Waals surface area contributed by atoms with Gasteiger partial charge in [0.05, 0.1) is 19.6 Å². The monoisotopic (exact) mass is 359 g/mol. The zero-order valence-electron chi connectivity index (χ0n) is 14.5. The maximum atomic E-state index is 6.50. The van der Waals surface area contributed by atoms with Gasteiger partial charge in [-0.25, -0.2) is 0 Å². The number of methoxy groups -OCH3 is 2. The van der Waals surface area contributed by atoms with Gasteiger partial charge >= 0.3 is 0 Å². The van der Waals surface area contributed by atoms with E-state index >= 15 is 0 Å². The van der Waals surface area contributed by atoms with Crippen molar-refractivity contribution in [2.75, 3.05) is 33.2 Å². The molecule has 3 atom stereocenters. The van der Waals surface area contributed by atoms with E-state index in [0.717, 1.165) is 43.2 Å². The van der Waals surface area contributed by atoms with Gasteiger partial charge in [-0.1, -0.05) is 12.1 Å².